The average Bonchev–Trinajstić information content (AvgIpc) is 2.30. The van der Waals surface area contributed by atoms with E-state index in [1.807, 2.05) is 44.7 Å². The van der Waals surface area contributed by atoms with E-state index in [4.69, 9.17) is 4.52 Å². The summed E-state index contributed by atoms with van der Waals surface area (Å²) in [6.45, 7) is 7.69. The molecular weight excluding hydrogens is 397 g/mol. The summed E-state index contributed by atoms with van der Waals surface area (Å²) >= 11 is 0.999. The van der Waals surface area contributed by atoms with Crippen LogP contribution >= 0.6 is 5.50 Å². The molecule has 1 saturated heterocycles. The first-order chi connectivity index (χ1) is 7.11. The molecule has 7 heteroatoms. The van der Waals surface area contributed by atoms with E-state index in [9.17, 15) is 4.89 Å². The Balaban J connectivity index is 2.85. The van der Waals surface area contributed by atoms with Crippen molar-refractivity contribution in [2.75, 3.05) is 27.2 Å². The van der Waals surface area contributed by atoms with Crippen LogP contribution in [0.5, 0.6) is 0 Å². The van der Waals surface area contributed by atoms with Crippen molar-refractivity contribution in [2.24, 2.45) is 4.76 Å². The summed E-state index contributed by atoms with van der Waals surface area (Å²) < 4.78 is 10.1. The summed E-state index contributed by atoms with van der Waals surface area (Å²) in [5, 5.41) is 0. The number of guanidine groups is 1. The molecule has 1 aliphatic heterocycles. The van der Waals surface area contributed by atoms with Crippen LogP contribution in [0.4, 0.5) is 0 Å². The number of likely N-dealkylation sites (N-methyl/N-ethyl adjacent to an activating group) is 2. The van der Waals surface area contributed by atoms with Crippen molar-refractivity contribution in [3.8, 4) is 0 Å². The summed E-state index contributed by atoms with van der Waals surface area (Å²) in [6.07, 6.45) is 0. The van der Waals surface area contributed by atoms with E-state index in [1.54, 1.807) is 0 Å². The zero-order valence-electron chi connectivity index (χ0n) is 10.5. The molecule has 1 fully saturated rings. The standard InChI is InChI=1S/C9H20N3O2P.W/c1-9(2,3)14-15(13)10-8-11(4)6-7-12(8)5;/h13H,6-7H2,1-5H3;/t15-;/m0./s1. The Bertz CT molecular complexity index is 328. The van der Waals surface area contributed by atoms with E-state index < -0.39 is 5.50 Å². The monoisotopic (exact) mass is 417 g/mol. The van der Waals surface area contributed by atoms with Gasteiger partial charge in [0.25, 0.3) is 0 Å². The minimum absolute atomic E-state index is 0.357. The predicted octanol–water partition coefficient (Wildman–Crippen LogP) is 1.25. The Kier molecular flexibility index (Phi) is 4.39. The third-order valence-corrected chi connectivity index (χ3v) is 4.96. The number of rotatable bonds is 2. The zero-order valence-corrected chi connectivity index (χ0v) is 14.3. The molecule has 0 aromatic rings. The number of hydrogen-bond donors (Lipinski definition) is 1. The van der Waals surface area contributed by atoms with Gasteiger partial charge in [0, 0.05) is 0 Å². The molecule has 0 unspecified atom stereocenters. The van der Waals surface area contributed by atoms with Gasteiger partial charge in [-0.3, -0.25) is 0 Å². The Morgan fingerprint density at radius 3 is 2.12 bits per heavy atom. The van der Waals surface area contributed by atoms with Crippen molar-refractivity contribution >= 4 is 11.5 Å². The van der Waals surface area contributed by atoms with Gasteiger partial charge in [0.1, 0.15) is 0 Å². The van der Waals surface area contributed by atoms with Gasteiger partial charge < -0.3 is 0 Å². The second-order valence-corrected chi connectivity index (χ2v) is 11.4. The topological polar surface area (TPSA) is 48.3 Å². The van der Waals surface area contributed by atoms with Crippen molar-refractivity contribution in [3.05, 3.63) is 0 Å². The molecule has 0 aromatic heterocycles. The Labute approximate surface area is 108 Å². The molecule has 1 N–H and O–H groups in total. The molecule has 94 valence electrons. The van der Waals surface area contributed by atoms with Gasteiger partial charge in [-0.05, 0) is 0 Å². The van der Waals surface area contributed by atoms with Gasteiger partial charge in [0.05, 0.1) is 0 Å². The Hall–Kier alpha value is 0.308. The van der Waals surface area contributed by atoms with Gasteiger partial charge >= 0.3 is 108 Å². The summed E-state index contributed by atoms with van der Waals surface area (Å²) in [4.78, 5) is 14.3. The first-order valence-corrected chi connectivity index (χ1v) is 10.6. The average molecular weight is 417 g/mol. The number of nitrogens with zero attached hydrogens (tertiary/aromatic N) is 3. The molecule has 0 amide bonds. The van der Waals surface area contributed by atoms with Crippen molar-refractivity contribution in [1.29, 1.82) is 0 Å². The van der Waals surface area contributed by atoms with Crippen LogP contribution in [0, 0.1) is 0 Å². The molecule has 16 heavy (non-hydrogen) atoms. The molecule has 0 aromatic carbocycles. The molecule has 1 rings (SSSR count). The van der Waals surface area contributed by atoms with E-state index in [1.165, 1.54) is 0 Å². The molecule has 1 aliphatic rings. The second-order valence-electron chi connectivity index (χ2n) is 4.94. The van der Waals surface area contributed by atoms with Crippen LogP contribution in [-0.2, 0) is 23.3 Å². The number of hydrogen-bond acceptors (Lipinski definition) is 3. The quantitative estimate of drug-likeness (QED) is 0.688. The van der Waals surface area contributed by atoms with Crippen LogP contribution in [0.2, 0.25) is 0 Å². The molecule has 5 nitrogen and oxygen atoms in total. The van der Waals surface area contributed by atoms with Gasteiger partial charge in [0.15, 0.2) is 0 Å². The van der Waals surface area contributed by atoms with E-state index in [-0.39, 0.29) is 5.60 Å². The van der Waals surface area contributed by atoms with Crippen molar-refractivity contribution in [2.45, 2.75) is 26.4 Å². The molecule has 0 bridgehead atoms. The molecular formula is C9H20N3O2PW. The third-order valence-electron chi connectivity index (χ3n) is 2.06. The van der Waals surface area contributed by atoms with Gasteiger partial charge in [-0.25, -0.2) is 0 Å². The summed E-state index contributed by atoms with van der Waals surface area (Å²) in [5.74, 6) is 0.829. The van der Waals surface area contributed by atoms with Crippen LogP contribution in [0.25, 0.3) is 0 Å². The summed E-state index contributed by atoms with van der Waals surface area (Å²) in [6, 6.07) is 0. The van der Waals surface area contributed by atoms with E-state index in [2.05, 4.69) is 4.76 Å². The first kappa shape index (κ1) is 14.4. The summed E-state index contributed by atoms with van der Waals surface area (Å²) in [5.41, 5.74) is -2.96. The Morgan fingerprint density at radius 2 is 1.75 bits per heavy atom. The third kappa shape index (κ3) is 4.29. The maximum absolute atomic E-state index is 10.2. The predicted molar refractivity (Wildman–Crippen MR) is 62.7 cm³/mol. The van der Waals surface area contributed by atoms with Crippen molar-refractivity contribution < 1.29 is 28.2 Å². The maximum atomic E-state index is 10.2. The fourth-order valence-electron chi connectivity index (χ4n) is 1.43. The first-order valence-electron chi connectivity index (χ1n) is 5.17. The summed E-state index contributed by atoms with van der Waals surface area (Å²) in [7, 11) is 3.96. The minimum atomic E-state index is -2.60. The van der Waals surface area contributed by atoms with E-state index in [0.29, 0.717) is 0 Å². The van der Waals surface area contributed by atoms with Gasteiger partial charge in [-0.1, -0.05) is 0 Å². The second kappa shape index (κ2) is 4.89. The zero-order chi connectivity index (χ0) is 12.6. The van der Waals surface area contributed by atoms with Crippen LogP contribution < -0.4 is 0 Å². The molecule has 1 heterocycles. The molecule has 0 saturated carbocycles. The van der Waals surface area contributed by atoms with E-state index in [0.717, 1.165) is 37.9 Å². The van der Waals surface area contributed by atoms with Crippen LogP contribution in [0.3, 0.4) is 0 Å². The normalized spacial score (nSPS) is 21.2. The van der Waals surface area contributed by atoms with Crippen LogP contribution in [-0.4, -0.2) is 53.4 Å². The van der Waals surface area contributed by atoms with Crippen molar-refractivity contribution in [3.63, 3.8) is 0 Å². The van der Waals surface area contributed by atoms with Gasteiger partial charge in [-0.2, -0.15) is 0 Å². The molecule has 0 radical (unpaired) electrons. The van der Waals surface area contributed by atoms with E-state index >= 15 is 0 Å². The molecule has 0 spiro atoms. The fourth-order valence-corrected chi connectivity index (χ4v) is 5.92. The van der Waals surface area contributed by atoms with Gasteiger partial charge in [0.2, 0.25) is 0 Å². The fraction of sp³-hybridized carbons (Fsp3) is 0.889. The van der Waals surface area contributed by atoms with Crippen molar-refractivity contribution in [1.82, 2.24) is 9.80 Å². The molecule has 1 atom stereocenters. The SMILES string of the molecule is CN1CCN(C)C1=N[P@](O)(=[W])OC(C)(C)C. The Morgan fingerprint density at radius 1 is 1.31 bits per heavy atom. The molecule has 0 aliphatic carbocycles. The van der Waals surface area contributed by atoms with Crippen LogP contribution in [0.1, 0.15) is 20.8 Å². The van der Waals surface area contributed by atoms with Gasteiger partial charge in [-0.15, -0.1) is 0 Å². The van der Waals surface area contributed by atoms with Crippen LogP contribution in [0.15, 0.2) is 4.76 Å².